The average Bonchev–Trinajstić information content (AvgIpc) is 2.38. The van der Waals surface area contributed by atoms with Crippen LogP contribution >= 0.6 is 27.5 Å². The van der Waals surface area contributed by atoms with Crippen LogP contribution in [-0.2, 0) is 6.54 Å². The third kappa shape index (κ3) is 3.82. The van der Waals surface area contributed by atoms with E-state index in [9.17, 15) is 0 Å². The first-order chi connectivity index (χ1) is 9.08. The van der Waals surface area contributed by atoms with Crippen LogP contribution in [0.5, 0.6) is 0 Å². The van der Waals surface area contributed by atoms with E-state index in [1.54, 1.807) is 0 Å². The molecule has 19 heavy (non-hydrogen) atoms. The molecule has 100 valence electrons. The summed E-state index contributed by atoms with van der Waals surface area (Å²) in [5, 5.41) is 0.830. The first-order valence-corrected chi connectivity index (χ1v) is 7.44. The Morgan fingerprint density at radius 1 is 1.16 bits per heavy atom. The van der Waals surface area contributed by atoms with Crippen LogP contribution in [0.2, 0.25) is 5.02 Å². The minimum atomic E-state index is 0.285. The van der Waals surface area contributed by atoms with Gasteiger partial charge in [-0.2, -0.15) is 0 Å². The molecule has 2 rings (SSSR count). The topological polar surface area (TPSA) is 3.24 Å². The van der Waals surface area contributed by atoms with Gasteiger partial charge in [-0.3, -0.25) is 4.90 Å². The molecule has 2 aromatic carbocycles. The number of benzene rings is 2. The summed E-state index contributed by atoms with van der Waals surface area (Å²) >= 11 is 9.76. The first kappa shape index (κ1) is 14.6. The van der Waals surface area contributed by atoms with Crippen LogP contribution in [0, 0.1) is 0 Å². The molecule has 0 heterocycles. The maximum Gasteiger partial charge on any atom is 0.0453 e. The van der Waals surface area contributed by atoms with Crippen LogP contribution < -0.4 is 0 Å². The van der Waals surface area contributed by atoms with E-state index in [4.69, 9.17) is 11.6 Å². The van der Waals surface area contributed by atoms with Crippen molar-refractivity contribution in [3.05, 3.63) is 69.2 Å². The van der Waals surface area contributed by atoms with E-state index in [1.165, 1.54) is 11.1 Å². The highest BCUT2D eigenvalue weighted by molar-refractivity contribution is 9.10. The van der Waals surface area contributed by atoms with Crippen LogP contribution in [0.3, 0.4) is 0 Å². The SMILES string of the molecule is CC(c1ccccc1Cl)N(C)Cc1cccc(Br)c1. The summed E-state index contributed by atoms with van der Waals surface area (Å²) in [6, 6.07) is 16.7. The van der Waals surface area contributed by atoms with Crippen molar-refractivity contribution < 1.29 is 0 Å². The van der Waals surface area contributed by atoms with Crippen LogP contribution in [0.25, 0.3) is 0 Å². The summed E-state index contributed by atoms with van der Waals surface area (Å²) in [5.41, 5.74) is 2.46. The van der Waals surface area contributed by atoms with Crippen molar-refractivity contribution in [3.63, 3.8) is 0 Å². The normalized spacial score (nSPS) is 12.7. The zero-order valence-electron chi connectivity index (χ0n) is 11.1. The summed E-state index contributed by atoms with van der Waals surface area (Å²) in [7, 11) is 2.12. The van der Waals surface area contributed by atoms with E-state index in [0.717, 1.165) is 16.0 Å². The number of hydrogen-bond donors (Lipinski definition) is 0. The van der Waals surface area contributed by atoms with E-state index in [0.29, 0.717) is 0 Å². The zero-order chi connectivity index (χ0) is 13.8. The molecule has 1 nitrogen and oxygen atoms in total. The Hall–Kier alpha value is -0.830. The van der Waals surface area contributed by atoms with E-state index < -0.39 is 0 Å². The Morgan fingerprint density at radius 2 is 1.89 bits per heavy atom. The van der Waals surface area contributed by atoms with Crippen LogP contribution in [-0.4, -0.2) is 11.9 Å². The highest BCUT2D eigenvalue weighted by atomic mass is 79.9. The lowest BCUT2D eigenvalue weighted by molar-refractivity contribution is 0.253. The quantitative estimate of drug-likeness (QED) is 0.731. The molecule has 0 aliphatic carbocycles. The Kier molecular flexibility index (Phi) is 5.03. The minimum absolute atomic E-state index is 0.285. The molecule has 0 fully saturated rings. The van der Waals surface area contributed by atoms with Gasteiger partial charge in [0.2, 0.25) is 0 Å². The van der Waals surface area contributed by atoms with E-state index in [2.05, 4.69) is 59.1 Å². The lowest BCUT2D eigenvalue weighted by atomic mass is 10.1. The lowest BCUT2D eigenvalue weighted by Gasteiger charge is -2.26. The fourth-order valence-electron chi connectivity index (χ4n) is 2.11. The summed E-state index contributed by atoms with van der Waals surface area (Å²) in [6.45, 7) is 3.07. The van der Waals surface area contributed by atoms with Gasteiger partial charge in [-0.05, 0) is 43.3 Å². The fraction of sp³-hybridized carbons (Fsp3) is 0.250. The molecule has 0 saturated carbocycles. The smallest absolute Gasteiger partial charge is 0.0453 e. The Morgan fingerprint density at radius 3 is 2.58 bits per heavy atom. The van der Waals surface area contributed by atoms with Crippen molar-refractivity contribution in [1.82, 2.24) is 4.90 Å². The van der Waals surface area contributed by atoms with Crippen molar-refractivity contribution in [3.8, 4) is 0 Å². The molecule has 1 atom stereocenters. The second kappa shape index (κ2) is 6.56. The number of halogens is 2. The van der Waals surface area contributed by atoms with Crippen molar-refractivity contribution in [2.45, 2.75) is 19.5 Å². The molecule has 3 heteroatoms. The predicted octanol–water partition coefficient (Wildman–Crippen LogP) is 5.30. The van der Waals surface area contributed by atoms with Crippen molar-refractivity contribution >= 4 is 27.5 Å². The molecular formula is C16H17BrClN. The van der Waals surface area contributed by atoms with Gasteiger partial charge in [-0.1, -0.05) is 57.9 Å². The van der Waals surface area contributed by atoms with Gasteiger partial charge < -0.3 is 0 Å². The lowest BCUT2D eigenvalue weighted by Crippen LogP contribution is -2.22. The number of rotatable bonds is 4. The van der Waals surface area contributed by atoms with Crippen LogP contribution in [0.15, 0.2) is 53.0 Å². The number of hydrogen-bond acceptors (Lipinski definition) is 1. The summed E-state index contributed by atoms with van der Waals surface area (Å²) in [4.78, 5) is 2.29. The molecule has 0 aromatic heterocycles. The van der Waals surface area contributed by atoms with Gasteiger partial charge in [0.25, 0.3) is 0 Å². The fourth-order valence-corrected chi connectivity index (χ4v) is 2.85. The summed E-state index contributed by atoms with van der Waals surface area (Å²) in [6.07, 6.45) is 0. The third-order valence-electron chi connectivity index (χ3n) is 3.34. The molecule has 0 saturated heterocycles. The van der Waals surface area contributed by atoms with Gasteiger partial charge in [-0.25, -0.2) is 0 Å². The van der Waals surface area contributed by atoms with Gasteiger partial charge >= 0.3 is 0 Å². The van der Waals surface area contributed by atoms with Crippen molar-refractivity contribution in [1.29, 1.82) is 0 Å². The highest BCUT2D eigenvalue weighted by Crippen LogP contribution is 2.27. The maximum atomic E-state index is 6.26. The molecule has 2 aromatic rings. The molecular weight excluding hydrogens is 322 g/mol. The van der Waals surface area contributed by atoms with Crippen molar-refractivity contribution in [2.24, 2.45) is 0 Å². The zero-order valence-corrected chi connectivity index (χ0v) is 13.4. The second-order valence-electron chi connectivity index (χ2n) is 4.74. The molecule has 0 aliphatic heterocycles. The van der Waals surface area contributed by atoms with Gasteiger partial charge in [0, 0.05) is 22.1 Å². The Bertz CT molecular complexity index is 556. The summed E-state index contributed by atoms with van der Waals surface area (Å²) < 4.78 is 1.11. The van der Waals surface area contributed by atoms with Crippen LogP contribution in [0.1, 0.15) is 24.1 Å². The van der Waals surface area contributed by atoms with E-state index >= 15 is 0 Å². The highest BCUT2D eigenvalue weighted by Gasteiger charge is 2.14. The first-order valence-electron chi connectivity index (χ1n) is 6.27. The average molecular weight is 339 g/mol. The third-order valence-corrected chi connectivity index (χ3v) is 4.17. The maximum absolute atomic E-state index is 6.26. The molecule has 0 spiro atoms. The second-order valence-corrected chi connectivity index (χ2v) is 6.07. The van der Waals surface area contributed by atoms with Crippen molar-refractivity contribution in [2.75, 3.05) is 7.05 Å². The molecule has 0 amide bonds. The Balaban J connectivity index is 2.12. The minimum Gasteiger partial charge on any atom is -0.295 e. The van der Waals surface area contributed by atoms with E-state index in [-0.39, 0.29) is 6.04 Å². The molecule has 0 N–H and O–H groups in total. The van der Waals surface area contributed by atoms with Gasteiger partial charge in [0.1, 0.15) is 0 Å². The van der Waals surface area contributed by atoms with Gasteiger partial charge in [0.15, 0.2) is 0 Å². The molecule has 0 bridgehead atoms. The van der Waals surface area contributed by atoms with Crippen LogP contribution in [0.4, 0.5) is 0 Å². The van der Waals surface area contributed by atoms with E-state index in [1.807, 2.05) is 24.3 Å². The van der Waals surface area contributed by atoms with Gasteiger partial charge in [0.05, 0.1) is 0 Å². The molecule has 0 aliphatic rings. The molecule has 0 radical (unpaired) electrons. The monoisotopic (exact) mass is 337 g/mol. The predicted molar refractivity (Wildman–Crippen MR) is 85.5 cm³/mol. The standard InChI is InChI=1S/C16H17BrClN/c1-12(15-8-3-4-9-16(15)18)19(2)11-13-6-5-7-14(17)10-13/h3-10,12H,11H2,1-2H3. The molecule has 1 unspecified atom stereocenters. The number of nitrogens with zero attached hydrogens (tertiary/aromatic N) is 1. The largest absolute Gasteiger partial charge is 0.295 e. The Labute approximate surface area is 128 Å². The van der Waals surface area contributed by atoms with Gasteiger partial charge in [-0.15, -0.1) is 0 Å². The summed E-state index contributed by atoms with van der Waals surface area (Å²) in [5.74, 6) is 0.